The largest absolute Gasteiger partial charge is 0.337 e. The molecular weight excluding hydrogens is 288 g/mol. The van der Waals surface area contributed by atoms with Gasteiger partial charge in [-0.15, -0.1) is 0 Å². The molecular formula is C15H15ClN4O. The van der Waals surface area contributed by atoms with Crippen molar-refractivity contribution in [2.24, 2.45) is 7.05 Å². The van der Waals surface area contributed by atoms with Crippen LogP contribution < -0.4 is 5.32 Å². The van der Waals surface area contributed by atoms with E-state index < -0.39 is 6.04 Å². The normalized spacial score (nSPS) is 11.7. The summed E-state index contributed by atoms with van der Waals surface area (Å²) in [6.45, 7) is 0. The quantitative estimate of drug-likeness (QED) is 0.922. The van der Waals surface area contributed by atoms with E-state index >= 15 is 0 Å². The van der Waals surface area contributed by atoms with Gasteiger partial charge in [-0.25, -0.2) is 0 Å². The molecule has 0 radical (unpaired) electrons. The Morgan fingerprint density at radius 3 is 3.00 bits per heavy atom. The summed E-state index contributed by atoms with van der Waals surface area (Å²) in [7, 11) is 1.83. The number of nitriles is 1. The predicted molar refractivity (Wildman–Crippen MR) is 79.5 cm³/mol. The Morgan fingerprint density at radius 1 is 1.57 bits per heavy atom. The SMILES string of the molecule is Cn1cc(CCC(=O)NC(C#N)c2cccc(Cl)c2)cn1. The summed E-state index contributed by atoms with van der Waals surface area (Å²) >= 11 is 5.89. The highest BCUT2D eigenvalue weighted by atomic mass is 35.5. The van der Waals surface area contributed by atoms with Crippen LogP contribution in [0.2, 0.25) is 5.02 Å². The van der Waals surface area contributed by atoms with E-state index in [0.29, 0.717) is 23.4 Å². The van der Waals surface area contributed by atoms with Gasteiger partial charge in [-0.3, -0.25) is 9.48 Å². The summed E-state index contributed by atoms with van der Waals surface area (Å²) in [5, 5.41) is 16.5. The van der Waals surface area contributed by atoms with Gasteiger partial charge in [-0.1, -0.05) is 23.7 Å². The highest BCUT2D eigenvalue weighted by Crippen LogP contribution is 2.17. The van der Waals surface area contributed by atoms with Gasteiger partial charge >= 0.3 is 0 Å². The molecule has 1 unspecified atom stereocenters. The molecule has 0 bridgehead atoms. The Bertz CT molecular complexity index is 674. The lowest BCUT2D eigenvalue weighted by atomic mass is 10.1. The molecule has 1 amide bonds. The topological polar surface area (TPSA) is 70.7 Å². The van der Waals surface area contributed by atoms with Gasteiger partial charge in [0.15, 0.2) is 0 Å². The van der Waals surface area contributed by atoms with Crippen LogP contribution in [0, 0.1) is 11.3 Å². The second-order valence-electron chi connectivity index (χ2n) is 4.71. The van der Waals surface area contributed by atoms with Crippen molar-refractivity contribution in [1.29, 1.82) is 5.26 Å². The summed E-state index contributed by atoms with van der Waals surface area (Å²) in [6.07, 6.45) is 4.50. The van der Waals surface area contributed by atoms with Crippen molar-refractivity contribution in [1.82, 2.24) is 15.1 Å². The fourth-order valence-corrected chi connectivity index (χ4v) is 2.17. The fourth-order valence-electron chi connectivity index (χ4n) is 1.97. The molecule has 0 fully saturated rings. The number of hydrogen-bond acceptors (Lipinski definition) is 3. The zero-order valence-corrected chi connectivity index (χ0v) is 12.3. The van der Waals surface area contributed by atoms with E-state index in [4.69, 9.17) is 11.6 Å². The summed E-state index contributed by atoms with van der Waals surface area (Å²) in [6, 6.07) is 8.30. The van der Waals surface area contributed by atoms with Gasteiger partial charge in [-0.2, -0.15) is 10.4 Å². The molecule has 2 aromatic rings. The fraction of sp³-hybridized carbons (Fsp3) is 0.267. The molecule has 1 aromatic heterocycles. The van der Waals surface area contributed by atoms with E-state index in [1.54, 1.807) is 35.1 Å². The lowest BCUT2D eigenvalue weighted by Gasteiger charge is -2.12. The molecule has 0 aliphatic rings. The van der Waals surface area contributed by atoms with E-state index in [-0.39, 0.29) is 5.91 Å². The van der Waals surface area contributed by atoms with Crippen molar-refractivity contribution in [3.63, 3.8) is 0 Å². The molecule has 21 heavy (non-hydrogen) atoms. The lowest BCUT2D eigenvalue weighted by molar-refractivity contribution is -0.121. The van der Waals surface area contributed by atoms with E-state index in [9.17, 15) is 10.1 Å². The van der Waals surface area contributed by atoms with Gasteiger partial charge in [0.25, 0.3) is 0 Å². The molecule has 5 nitrogen and oxygen atoms in total. The van der Waals surface area contributed by atoms with E-state index in [1.807, 2.05) is 13.2 Å². The number of carbonyl (C=O) groups excluding carboxylic acids is 1. The van der Waals surface area contributed by atoms with Gasteiger partial charge in [-0.05, 0) is 29.7 Å². The van der Waals surface area contributed by atoms with E-state index in [0.717, 1.165) is 5.56 Å². The van der Waals surface area contributed by atoms with Crippen LogP contribution in [0.3, 0.4) is 0 Å². The van der Waals surface area contributed by atoms with Crippen molar-refractivity contribution < 1.29 is 4.79 Å². The van der Waals surface area contributed by atoms with Crippen LogP contribution in [0.15, 0.2) is 36.7 Å². The summed E-state index contributed by atoms with van der Waals surface area (Å²) in [5.74, 6) is -0.176. The molecule has 0 aliphatic carbocycles. The molecule has 1 aromatic carbocycles. The van der Waals surface area contributed by atoms with Gasteiger partial charge in [0.2, 0.25) is 5.91 Å². The zero-order chi connectivity index (χ0) is 15.2. The Hall–Kier alpha value is -2.32. The zero-order valence-electron chi connectivity index (χ0n) is 11.6. The Kier molecular flexibility index (Phi) is 4.96. The standard InChI is InChI=1S/C15H15ClN4O/c1-20-10-11(9-18-20)5-6-15(21)19-14(8-17)12-3-2-4-13(16)7-12/h2-4,7,9-10,14H,5-6H2,1H3,(H,19,21). The number of carbonyl (C=O) groups is 1. The van der Waals surface area contributed by atoms with Gasteiger partial charge < -0.3 is 5.32 Å². The molecule has 0 saturated carbocycles. The molecule has 0 saturated heterocycles. The maximum atomic E-state index is 11.9. The third-order valence-corrected chi connectivity index (χ3v) is 3.25. The Labute approximate surface area is 128 Å². The number of nitrogens with one attached hydrogen (secondary N) is 1. The number of benzene rings is 1. The van der Waals surface area contributed by atoms with Crippen molar-refractivity contribution in [2.75, 3.05) is 0 Å². The number of amides is 1. The first-order chi connectivity index (χ1) is 10.1. The minimum Gasteiger partial charge on any atom is -0.337 e. The van der Waals surface area contributed by atoms with Gasteiger partial charge in [0.05, 0.1) is 12.3 Å². The molecule has 1 heterocycles. The van der Waals surface area contributed by atoms with Crippen LogP contribution in [0.1, 0.15) is 23.6 Å². The summed E-state index contributed by atoms with van der Waals surface area (Å²) in [5.41, 5.74) is 1.67. The maximum Gasteiger partial charge on any atom is 0.221 e. The Morgan fingerprint density at radius 2 is 2.38 bits per heavy atom. The highest BCUT2D eigenvalue weighted by Gasteiger charge is 2.14. The lowest BCUT2D eigenvalue weighted by Crippen LogP contribution is -2.27. The first-order valence-electron chi connectivity index (χ1n) is 6.50. The molecule has 6 heteroatoms. The number of nitrogens with zero attached hydrogens (tertiary/aromatic N) is 3. The van der Waals surface area contributed by atoms with Gasteiger partial charge in [0.1, 0.15) is 6.04 Å². The third kappa shape index (κ3) is 4.33. The first-order valence-corrected chi connectivity index (χ1v) is 6.88. The van der Waals surface area contributed by atoms with Crippen LogP contribution >= 0.6 is 11.6 Å². The summed E-state index contributed by atoms with van der Waals surface area (Å²) in [4.78, 5) is 11.9. The van der Waals surface area contributed by atoms with E-state index in [2.05, 4.69) is 16.5 Å². The van der Waals surface area contributed by atoms with Crippen molar-refractivity contribution in [3.05, 3.63) is 52.8 Å². The number of halogens is 1. The second-order valence-corrected chi connectivity index (χ2v) is 5.14. The smallest absolute Gasteiger partial charge is 0.221 e. The third-order valence-electron chi connectivity index (χ3n) is 3.02. The molecule has 2 rings (SSSR count). The monoisotopic (exact) mass is 302 g/mol. The van der Waals surface area contributed by atoms with Gasteiger partial charge in [0, 0.05) is 24.7 Å². The average Bonchev–Trinajstić information content (AvgIpc) is 2.88. The number of hydrogen-bond donors (Lipinski definition) is 1. The number of aromatic nitrogens is 2. The minimum atomic E-state index is -0.690. The van der Waals surface area contributed by atoms with Crippen molar-refractivity contribution >= 4 is 17.5 Å². The molecule has 0 spiro atoms. The number of rotatable bonds is 5. The summed E-state index contributed by atoms with van der Waals surface area (Å²) < 4.78 is 1.69. The molecule has 0 aliphatic heterocycles. The molecule has 1 N–H and O–H groups in total. The average molecular weight is 303 g/mol. The first kappa shape index (κ1) is 15.1. The van der Waals surface area contributed by atoms with Crippen molar-refractivity contribution in [2.45, 2.75) is 18.9 Å². The van der Waals surface area contributed by atoms with Crippen LogP contribution in [0.5, 0.6) is 0 Å². The maximum absolute atomic E-state index is 11.9. The Balaban J connectivity index is 1.92. The van der Waals surface area contributed by atoms with Crippen LogP contribution in [0.25, 0.3) is 0 Å². The van der Waals surface area contributed by atoms with Crippen LogP contribution in [-0.4, -0.2) is 15.7 Å². The minimum absolute atomic E-state index is 0.176. The molecule has 1 atom stereocenters. The van der Waals surface area contributed by atoms with Crippen LogP contribution in [0.4, 0.5) is 0 Å². The predicted octanol–water partition coefficient (Wildman–Crippen LogP) is 2.39. The second kappa shape index (κ2) is 6.91. The van der Waals surface area contributed by atoms with Crippen molar-refractivity contribution in [3.8, 4) is 6.07 Å². The van der Waals surface area contributed by atoms with E-state index in [1.165, 1.54) is 0 Å². The molecule has 108 valence electrons. The number of aryl methyl sites for hydroxylation is 2. The highest BCUT2D eigenvalue weighted by molar-refractivity contribution is 6.30. The van der Waals surface area contributed by atoms with Crippen LogP contribution in [-0.2, 0) is 18.3 Å².